The van der Waals surface area contributed by atoms with Crippen LogP contribution in [-0.2, 0) is 10.3 Å². The van der Waals surface area contributed by atoms with Crippen molar-refractivity contribution in [3.63, 3.8) is 0 Å². The van der Waals surface area contributed by atoms with E-state index in [1.54, 1.807) is 0 Å². The second-order valence-electron chi connectivity index (χ2n) is 4.42. The largest absolute Gasteiger partial charge is 0.356 e. The van der Waals surface area contributed by atoms with E-state index in [0.717, 1.165) is 0 Å². The van der Waals surface area contributed by atoms with E-state index in [1.165, 1.54) is 5.56 Å². The third-order valence-corrected chi connectivity index (χ3v) is 3.16. The average molecular weight is 218 g/mol. The number of ether oxygens (including phenoxy) is 1. The van der Waals surface area contributed by atoms with Crippen molar-refractivity contribution in [3.05, 3.63) is 48.0 Å². The van der Waals surface area contributed by atoms with Crippen molar-refractivity contribution in [2.75, 3.05) is 0 Å². The van der Waals surface area contributed by atoms with Crippen molar-refractivity contribution in [2.45, 2.75) is 31.2 Å². The molecule has 86 valence electrons. The Hall–Kier alpha value is -1.16. The molecule has 3 rings (SSSR count). The fraction of sp³-hybridized carbons (Fsp3) is 0.385. The molecule has 1 aliphatic carbocycles. The minimum atomic E-state index is -0.709. The smallest absolute Gasteiger partial charge is 0.138 e. The van der Waals surface area contributed by atoms with Gasteiger partial charge in [-0.2, -0.15) is 0 Å². The van der Waals surface area contributed by atoms with E-state index in [-0.39, 0.29) is 19.1 Å². The van der Waals surface area contributed by atoms with Crippen LogP contribution < -0.4 is 11.5 Å². The standard InChI is InChI=1S/C12H14N2O.CH4/c13-11(14)6-7-12(10(8-11)15-12)9-4-2-1-3-5-9;/h1-7,10H,8,13-14H2;1H4. The van der Waals surface area contributed by atoms with E-state index in [2.05, 4.69) is 12.1 Å². The summed E-state index contributed by atoms with van der Waals surface area (Å²) < 4.78 is 5.74. The molecule has 3 nitrogen and oxygen atoms in total. The van der Waals surface area contributed by atoms with Crippen LogP contribution in [0.2, 0.25) is 0 Å². The Bertz CT molecular complexity index is 413. The number of hydrogen-bond acceptors (Lipinski definition) is 3. The summed E-state index contributed by atoms with van der Waals surface area (Å²) in [6, 6.07) is 10.2. The first-order chi connectivity index (χ1) is 7.12. The minimum absolute atomic E-state index is 0. The molecular weight excluding hydrogens is 200 g/mol. The van der Waals surface area contributed by atoms with E-state index >= 15 is 0 Å². The van der Waals surface area contributed by atoms with Crippen LogP contribution in [0.5, 0.6) is 0 Å². The van der Waals surface area contributed by atoms with Crippen LogP contribution in [0.15, 0.2) is 42.5 Å². The molecule has 1 aliphatic heterocycles. The Balaban J connectivity index is 0.000000963. The molecule has 2 atom stereocenters. The van der Waals surface area contributed by atoms with Gasteiger partial charge < -0.3 is 16.2 Å². The Labute approximate surface area is 96.1 Å². The SMILES string of the molecule is C.NC1(N)C=CC2(c3ccccc3)OC2C1. The van der Waals surface area contributed by atoms with Gasteiger partial charge in [0, 0.05) is 6.42 Å². The average Bonchev–Trinajstić information content (AvgIpc) is 2.92. The maximum atomic E-state index is 5.84. The maximum absolute atomic E-state index is 5.84. The predicted molar refractivity (Wildman–Crippen MR) is 64.6 cm³/mol. The van der Waals surface area contributed by atoms with Gasteiger partial charge in [-0.1, -0.05) is 43.8 Å². The molecule has 1 heterocycles. The number of rotatable bonds is 1. The topological polar surface area (TPSA) is 64.6 Å². The monoisotopic (exact) mass is 218 g/mol. The van der Waals surface area contributed by atoms with Gasteiger partial charge in [0.05, 0.1) is 11.8 Å². The highest BCUT2D eigenvalue weighted by atomic mass is 16.6. The van der Waals surface area contributed by atoms with Crippen molar-refractivity contribution < 1.29 is 4.74 Å². The summed E-state index contributed by atoms with van der Waals surface area (Å²) in [5.74, 6) is 0. The molecule has 16 heavy (non-hydrogen) atoms. The van der Waals surface area contributed by atoms with Crippen LogP contribution in [0.4, 0.5) is 0 Å². The van der Waals surface area contributed by atoms with Crippen molar-refractivity contribution in [1.29, 1.82) is 0 Å². The molecule has 0 saturated carbocycles. The van der Waals surface area contributed by atoms with Crippen LogP contribution in [0.25, 0.3) is 0 Å². The molecule has 0 spiro atoms. The second-order valence-corrected chi connectivity index (χ2v) is 4.42. The fourth-order valence-electron chi connectivity index (χ4n) is 2.26. The van der Waals surface area contributed by atoms with Gasteiger partial charge in [-0.05, 0) is 11.6 Å². The first kappa shape index (κ1) is 11.3. The van der Waals surface area contributed by atoms with Crippen LogP contribution >= 0.6 is 0 Å². The van der Waals surface area contributed by atoms with Crippen molar-refractivity contribution in [2.24, 2.45) is 11.5 Å². The molecule has 1 saturated heterocycles. The first-order valence-corrected chi connectivity index (χ1v) is 5.14. The van der Waals surface area contributed by atoms with Crippen LogP contribution in [0, 0.1) is 0 Å². The highest BCUT2D eigenvalue weighted by molar-refractivity contribution is 5.38. The molecule has 3 heteroatoms. The highest BCUT2D eigenvalue weighted by Gasteiger charge is 2.59. The molecule has 1 fully saturated rings. The highest BCUT2D eigenvalue weighted by Crippen LogP contribution is 2.52. The summed E-state index contributed by atoms with van der Waals surface area (Å²) >= 11 is 0. The van der Waals surface area contributed by atoms with E-state index < -0.39 is 5.66 Å². The van der Waals surface area contributed by atoms with Crippen molar-refractivity contribution in [3.8, 4) is 0 Å². The molecule has 2 unspecified atom stereocenters. The summed E-state index contributed by atoms with van der Waals surface area (Å²) in [5.41, 5.74) is 11.9. The quantitative estimate of drug-likeness (QED) is 0.426. The van der Waals surface area contributed by atoms with Gasteiger partial charge in [-0.25, -0.2) is 0 Å². The molecule has 0 amide bonds. The number of epoxide rings is 1. The summed E-state index contributed by atoms with van der Waals surface area (Å²) in [5, 5.41) is 0. The molecule has 2 aliphatic rings. The van der Waals surface area contributed by atoms with Gasteiger partial charge in [-0.15, -0.1) is 0 Å². The fourth-order valence-corrected chi connectivity index (χ4v) is 2.26. The third kappa shape index (κ3) is 1.57. The summed E-state index contributed by atoms with van der Waals surface area (Å²) in [7, 11) is 0. The lowest BCUT2D eigenvalue weighted by molar-refractivity contribution is 0.324. The Morgan fingerprint density at radius 3 is 2.44 bits per heavy atom. The molecule has 4 N–H and O–H groups in total. The molecule has 0 radical (unpaired) electrons. The molecule has 1 aromatic rings. The minimum Gasteiger partial charge on any atom is -0.356 e. The third-order valence-electron chi connectivity index (χ3n) is 3.16. The number of hydrogen-bond donors (Lipinski definition) is 2. The molecule has 1 aromatic carbocycles. The zero-order valence-electron chi connectivity index (χ0n) is 8.39. The number of nitrogens with two attached hydrogens (primary N) is 2. The molecule has 0 aromatic heterocycles. The lowest BCUT2D eigenvalue weighted by Crippen LogP contribution is -2.50. The zero-order chi connectivity index (χ0) is 10.5. The normalized spacial score (nSPS) is 33.8. The lowest BCUT2D eigenvalue weighted by Gasteiger charge is -2.24. The summed E-state index contributed by atoms with van der Waals surface area (Å²) in [4.78, 5) is 0. The van der Waals surface area contributed by atoms with Gasteiger partial charge in [0.2, 0.25) is 0 Å². The van der Waals surface area contributed by atoms with Gasteiger partial charge in [0.1, 0.15) is 5.60 Å². The first-order valence-electron chi connectivity index (χ1n) is 5.14. The van der Waals surface area contributed by atoms with E-state index in [1.807, 2.05) is 30.4 Å². The van der Waals surface area contributed by atoms with Gasteiger partial charge in [-0.3, -0.25) is 0 Å². The van der Waals surface area contributed by atoms with E-state index in [9.17, 15) is 0 Å². The van der Waals surface area contributed by atoms with Crippen LogP contribution in [0.3, 0.4) is 0 Å². The van der Waals surface area contributed by atoms with Gasteiger partial charge in [0.15, 0.2) is 0 Å². The van der Waals surface area contributed by atoms with Crippen LogP contribution in [-0.4, -0.2) is 11.8 Å². The van der Waals surface area contributed by atoms with Crippen LogP contribution in [0.1, 0.15) is 19.4 Å². The molecular formula is C13H18N2O. The maximum Gasteiger partial charge on any atom is 0.138 e. The second kappa shape index (κ2) is 3.42. The van der Waals surface area contributed by atoms with Crippen molar-refractivity contribution in [1.82, 2.24) is 0 Å². The Morgan fingerprint density at radius 1 is 1.12 bits per heavy atom. The van der Waals surface area contributed by atoms with E-state index in [4.69, 9.17) is 16.2 Å². The van der Waals surface area contributed by atoms with Gasteiger partial charge in [0.25, 0.3) is 0 Å². The Kier molecular flexibility index (Phi) is 2.42. The summed E-state index contributed by atoms with van der Waals surface area (Å²) in [6.07, 6.45) is 4.66. The number of fused-ring (bicyclic) bond motifs is 1. The zero-order valence-corrected chi connectivity index (χ0v) is 8.39. The molecule has 0 bridgehead atoms. The summed E-state index contributed by atoms with van der Waals surface area (Å²) in [6.45, 7) is 0. The van der Waals surface area contributed by atoms with E-state index in [0.29, 0.717) is 6.42 Å². The Morgan fingerprint density at radius 2 is 1.81 bits per heavy atom. The van der Waals surface area contributed by atoms with Crippen molar-refractivity contribution >= 4 is 0 Å². The predicted octanol–water partition coefficient (Wildman–Crippen LogP) is 1.49. The lowest BCUT2D eigenvalue weighted by atomic mass is 9.85. The van der Waals surface area contributed by atoms with Gasteiger partial charge >= 0.3 is 0 Å². The number of benzene rings is 1.